The van der Waals surface area contributed by atoms with Crippen LogP contribution in [0.3, 0.4) is 0 Å². The maximum absolute atomic E-state index is 11.8. The van der Waals surface area contributed by atoms with Gasteiger partial charge in [-0.15, -0.1) is 0 Å². The number of hydrogen-bond acceptors (Lipinski definition) is 2. The second kappa shape index (κ2) is 3.71. The van der Waals surface area contributed by atoms with Crippen LogP contribution in [0.1, 0.15) is 19.3 Å². The van der Waals surface area contributed by atoms with Gasteiger partial charge < -0.3 is 5.32 Å². The van der Waals surface area contributed by atoms with Crippen molar-refractivity contribution < 1.29 is 4.39 Å². The number of likely N-dealkylation sites (tertiary alicyclic amines) is 1. The van der Waals surface area contributed by atoms with Gasteiger partial charge >= 0.3 is 0 Å². The highest BCUT2D eigenvalue weighted by molar-refractivity contribution is 4.91. The molecule has 1 unspecified atom stereocenters. The van der Waals surface area contributed by atoms with Crippen LogP contribution in [0.2, 0.25) is 0 Å². The zero-order chi connectivity index (χ0) is 8.39. The predicted octanol–water partition coefficient (Wildman–Crippen LogP) is 0.782. The van der Waals surface area contributed by atoms with Crippen LogP contribution in [-0.2, 0) is 0 Å². The Balaban J connectivity index is 1.67. The Bertz CT molecular complexity index is 147. The van der Waals surface area contributed by atoms with Gasteiger partial charge in [-0.3, -0.25) is 4.90 Å². The second-order valence-corrected chi connectivity index (χ2v) is 3.85. The third kappa shape index (κ3) is 1.96. The number of nitrogens with one attached hydrogen (secondary N) is 1. The average Bonchev–Trinajstić information content (AvgIpc) is 2.83. The van der Waals surface area contributed by atoms with Gasteiger partial charge in [-0.05, 0) is 19.3 Å². The lowest BCUT2D eigenvalue weighted by Gasteiger charge is -2.14. The van der Waals surface area contributed by atoms with E-state index in [0.29, 0.717) is 12.6 Å². The van der Waals surface area contributed by atoms with Gasteiger partial charge in [0.15, 0.2) is 0 Å². The molecule has 2 aliphatic rings. The molecule has 0 aromatic carbocycles. The Kier molecular flexibility index (Phi) is 2.61. The highest BCUT2D eigenvalue weighted by atomic mass is 19.1. The Morgan fingerprint density at radius 2 is 2.17 bits per heavy atom. The summed E-state index contributed by atoms with van der Waals surface area (Å²) in [7, 11) is 0. The molecule has 0 aromatic rings. The molecule has 0 amide bonds. The topological polar surface area (TPSA) is 15.3 Å². The molecular formula is C9H17FN2. The fourth-order valence-electron chi connectivity index (χ4n) is 1.98. The standard InChI is InChI=1S/C9H17FN2/c10-4-5-11-8-3-6-12(7-8)9-1-2-9/h8-9,11H,1-7H2. The van der Waals surface area contributed by atoms with Gasteiger partial charge in [0.1, 0.15) is 6.67 Å². The summed E-state index contributed by atoms with van der Waals surface area (Å²) in [5, 5.41) is 3.23. The van der Waals surface area contributed by atoms with Gasteiger partial charge in [-0.2, -0.15) is 0 Å². The summed E-state index contributed by atoms with van der Waals surface area (Å²) in [6.45, 7) is 2.66. The fourth-order valence-corrected chi connectivity index (χ4v) is 1.98. The van der Waals surface area contributed by atoms with Crippen molar-refractivity contribution in [2.45, 2.75) is 31.3 Å². The van der Waals surface area contributed by atoms with Crippen molar-refractivity contribution in [2.75, 3.05) is 26.3 Å². The number of rotatable bonds is 4. The lowest BCUT2D eigenvalue weighted by molar-refractivity contribution is 0.315. The van der Waals surface area contributed by atoms with Crippen molar-refractivity contribution in [2.24, 2.45) is 0 Å². The summed E-state index contributed by atoms with van der Waals surface area (Å²) in [5.41, 5.74) is 0. The summed E-state index contributed by atoms with van der Waals surface area (Å²) in [5.74, 6) is 0. The molecule has 70 valence electrons. The summed E-state index contributed by atoms with van der Waals surface area (Å²) < 4.78 is 11.8. The SMILES string of the molecule is FCCNC1CCN(C2CC2)C1. The van der Waals surface area contributed by atoms with Crippen molar-refractivity contribution >= 4 is 0 Å². The van der Waals surface area contributed by atoms with Crippen molar-refractivity contribution in [3.63, 3.8) is 0 Å². The van der Waals surface area contributed by atoms with Crippen LogP contribution in [0, 0.1) is 0 Å². The molecule has 1 atom stereocenters. The molecule has 0 spiro atoms. The van der Waals surface area contributed by atoms with Crippen LogP contribution in [0.25, 0.3) is 0 Å². The molecule has 2 nitrogen and oxygen atoms in total. The predicted molar refractivity (Wildman–Crippen MR) is 47.0 cm³/mol. The van der Waals surface area contributed by atoms with E-state index < -0.39 is 0 Å². The molecule has 12 heavy (non-hydrogen) atoms. The maximum Gasteiger partial charge on any atom is 0.102 e. The molecule has 1 aliphatic carbocycles. The summed E-state index contributed by atoms with van der Waals surface area (Å²) in [6, 6.07) is 1.43. The summed E-state index contributed by atoms with van der Waals surface area (Å²) >= 11 is 0. The normalized spacial score (nSPS) is 31.2. The average molecular weight is 172 g/mol. The first-order valence-electron chi connectivity index (χ1n) is 4.93. The fraction of sp³-hybridized carbons (Fsp3) is 1.00. The molecule has 1 saturated heterocycles. The third-order valence-corrected chi connectivity index (χ3v) is 2.81. The minimum Gasteiger partial charge on any atom is -0.310 e. The second-order valence-electron chi connectivity index (χ2n) is 3.85. The molecular weight excluding hydrogens is 155 g/mol. The van der Waals surface area contributed by atoms with E-state index in [-0.39, 0.29) is 6.67 Å². The molecule has 2 fully saturated rings. The minimum atomic E-state index is -0.236. The van der Waals surface area contributed by atoms with Crippen molar-refractivity contribution in [1.29, 1.82) is 0 Å². The van der Waals surface area contributed by atoms with Gasteiger partial charge in [-0.1, -0.05) is 0 Å². The zero-order valence-electron chi connectivity index (χ0n) is 7.43. The third-order valence-electron chi connectivity index (χ3n) is 2.81. The Labute approximate surface area is 73.1 Å². The monoisotopic (exact) mass is 172 g/mol. The van der Waals surface area contributed by atoms with E-state index >= 15 is 0 Å². The van der Waals surface area contributed by atoms with Gasteiger partial charge in [0, 0.05) is 31.7 Å². The number of halogens is 1. The zero-order valence-corrected chi connectivity index (χ0v) is 7.43. The Morgan fingerprint density at radius 1 is 1.33 bits per heavy atom. The van der Waals surface area contributed by atoms with Crippen LogP contribution in [-0.4, -0.2) is 43.3 Å². The molecule has 1 aliphatic heterocycles. The van der Waals surface area contributed by atoms with Crippen LogP contribution >= 0.6 is 0 Å². The Morgan fingerprint density at radius 3 is 2.83 bits per heavy atom. The van der Waals surface area contributed by atoms with Crippen LogP contribution in [0.5, 0.6) is 0 Å². The highest BCUT2D eigenvalue weighted by Gasteiger charge is 2.33. The van der Waals surface area contributed by atoms with E-state index in [1.165, 1.54) is 25.8 Å². The minimum absolute atomic E-state index is 0.236. The van der Waals surface area contributed by atoms with E-state index in [1.54, 1.807) is 0 Å². The highest BCUT2D eigenvalue weighted by Crippen LogP contribution is 2.29. The first kappa shape index (κ1) is 8.45. The molecule has 1 N–H and O–H groups in total. The van der Waals surface area contributed by atoms with Gasteiger partial charge in [0.2, 0.25) is 0 Å². The largest absolute Gasteiger partial charge is 0.310 e. The molecule has 1 heterocycles. The smallest absolute Gasteiger partial charge is 0.102 e. The van der Waals surface area contributed by atoms with Crippen LogP contribution in [0.15, 0.2) is 0 Å². The van der Waals surface area contributed by atoms with Crippen molar-refractivity contribution in [1.82, 2.24) is 10.2 Å². The lowest BCUT2D eigenvalue weighted by atomic mass is 10.3. The maximum atomic E-state index is 11.8. The van der Waals surface area contributed by atoms with E-state index in [4.69, 9.17) is 0 Å². The number of hydrogen-bond donors (Lipinski definition) is 1. The van der Waals surface area contributed by atoms with Gasteiger partial charge in [0.25, 0.3) is 0 Å². The molecule has 0 aromatic heterocycles. The molecule has 1 saturated carbocycles. The van der Waals surface area contributed by atoms with E-state index in [1.807, 2.05) is 0 Å². The van der Waals surface area contributed by atoms with E-state index in [9.17, 15) is 4.39 Å². The van der Waals surface area contributed by atoms with Crippen molar-refractivity contribution in [3.05, 3.63) is 0 Å². The summed E-state index contributed by atoms with van der Waals surface area (Å²) in [6.07, 6.45) is 3.97. The molecule has 2 rings (SSSR count). The summed E-state index contributed by atoms with van der Waals surface area (Å²) in [4.78, 5) is 2.54. The van der Waals surface area contributed by atoms with Crippen LogP contribution < -0.4 is 5.32 Å². The Hall–Kier alpha value is -0.150. The molecule has 0 bridgehead atoms. The van der Waals surface area contributed by atoms with Crippen LogP contribution in [0.4, 0.5) is 4.39 Å². The molecule has 3 heteroatoms. The first-order chi connectivity index (χ1) is 5.90. The van der Waals surface area contributed by atoms with Gasteiger partial charge in [-0.25, -0.2) is 4.39 Å². The number of nitrogens with zero attached hydrogens (tertiary/aromatic N) is 1. The van der Waals surface area contributed by atoms with Crippen molar-refractivity contribution in [3.8, 4) is 0 Å². The quantitative estimate of drug-likeness (QED) is 0.674. The van der Waals surface area contributed by atoms with Gasteiger partial charge in [0.05, 0.1) is 0 Å². The van der Waals surface area contributed by atoms with E-state index in [2.05, 4.69) is 10.2 Å². The first-order valence-corrected chi connectivity index (χ1v) is 4.93. The number of alkyl halides is 1. The lowest BCUT2D eigenvalue weighted by Crippen LogP contribution is -2.34. The van der Waals surface area contributed by atoms with E-state index in [0.717, 1.165) is 12.6 Å². The molecule has 0 radical (unpaired) electrons.